The predicted molar refractivity (Wildman–Crippen MR) is 79.3 cm³/mol. The molecule has 0 fully saturated rings. The summed E-state index contributed by atoms with van der Waals surface area (Å²) < 4.78 is 0. The lowest BCUT2D eigenvalue weighted by Crippen LogP contribution is -2.02. The van der Waals surface area contributed by atoms with Gasteiger partial charge in [0.15, 0.2) is 0 Å². The monoisotopic (exact) mass is 238 g/mol. The highest BCUT2D eigenvalue weighted by Crippen LogP contribution is 2.30. The molecule has 0 saturated carbocycles. The minimum Gasteiger partial charge on any atom is -0.0620 e. The molecule has 0 nitrogen and oxygen atoms in total. The van der Waals surface area contributed by atoms with Crippen molar-refractivity contribution >= 4 is 0 Å². The van der Waals surface area contributed by atoms with Gasteiger partial charge in [0.2, 0.25) is 0 Å². The summed E-state index contributed by atoms with van der Waals surface area (Å²) >= 11 is 0. The Morgan fingerprint density at radius 2 is 1.56 bits per heavy atom. The minimum absolute atomic E-state index is 0.470. The third-order valence-electron chi connectivity index (χ3n) is 3.99. The Labute approximate surface area is 111 Å². The molecule has 0 bridgehead atoms. The normalized spacial score (nSPS) is 12.4. The van der Waals surface area contributed by atoms with Gasteiger partial charge in [-0.1, -0.05) is 56.3 Å². The zero-order chi connectivity index (χ0) is 13.1. The zero-order valence-corrected chi connectivity index (χ0v) is 11.8. The van der Waals surface area contributed by atoms with E-state index in [1.54, 1.807) is 0 Å². The first-order valence-corrected chi connectivity index (χ1v) is 6.79. The average molecular weight is 238 g/mol. The van der Waals surface area contributed by atoms with E-state index in [1.807, 2.05) is 0 Å². The van der Waals surface area contributed by atoms with Gasteiger partial charge in [-0.05, 0) is 48.1 Å². The molecule has 0 radical (unpaired) electrons. The molecule has 0 aliphatic rings. The molecule has 0 aliphatic heterocycles. The second-order valence-corrected chi connectivity index (χ2v) is 5.06. The molecule has 2 rings (SSSR count). The van der Waals surface area contributed by atoms with Gasteiger partial charge < -0.3 is 0 Å². The van der Waals surface area contributed by atoms with E-state index < -0.39 is 0 Å². The summed E-state index contributed by atoms with van der Waals surface area (Å²) in [7, 11) is 0. The number of benzene rings is 2. The van der Waals surface area contributed by atoms with E-state index in [0.29, 0.717) is 5.92 Å². The summed E-state index contributed by atoms with van der Waals surface area (Å²) in [6, 6.07) is 15.4. The third kappa shape index (κ3) is 2.33. The lowest BCUT2D eigenvalue weighted by molar-refractivity contribution is 0.890. The van der Waals surface area contributed by atoms with Crippen molar-refractivity contribution in [3.63, 3.8) is 0 Å². The van der Waals surface area contributed by atoms with Gasteiger partial charge in [0.1, 0.15) is 0 Å². The molecule has 18 heavy (non-hydrogen) atoms. The Bertz CT molecular complexity index is 537. The van der Waals surface area contributed by atoms with Crippen LogP contribution in [0, 0.1) is 13.8 Å². The summed E-state index contributed by atoms with van der Waals surface area (Å²) in [6.45, 7) is 8.99. The van der Waals surface area contributed by atoms with E-state index >= 15 is 0 Å². The van der Waals surface area contributed by atoms with Crippen LogP contribution in [0.5, 0.6) is 0 Å². The standard InChI is InChI=1S/C18H22/c1-5-16-10-8-12-18(14(16)3)15(4)17-11-7-6-9-13(17)2/h6-12,15H,5H2,1-4H3. The van der Waals surface area contributed by atoms with Crippen LogP contribution in [-0.2, 0) is 6.42 Å². The fraction of sp³-hybridized carbons (Fsp3) is 0.333. The highest BCUT2D eigenvalue weighted by Gasteiger charge is 2.13. The fourth-order valence-electron chi connectivity index (χ4n) is 2.80. The van der Waals surface area contributed by atoms with Crippen molar-refractivity contribution in [3.05, 3.63) is 70.3 Å². The molecule has 0 amide bonds. The molecule has 2 aromatic rings. The van der Waals surface area contributed by atoms with Crippen molar-refractivity contribution in [1.82, 2.24) is 0 Å². The van der Waals surface area contributed by atoms with Crippen molar-refractivity contribution < 1.29 is 0 Å². The SMILES string of the molecule is CCc1cccc(C(C)c2ccccc2C)c1C. The summed E-state index contributed by atoms with van der Waals surface area (Å²) in [6.07, 6.45) is 1.11. The van der Waals surface area contributed by atoms with Gasteiger partial charge in [0.05, 0.1) is 0 Å². The first-order chi connectivity index (χ1) is 8.65. The van der Waals surface area contributed by atoms with E-state index in [0.717, 1.165) is 6.42 Å². The Hall–Kier alpha value is -1.56. The van der Waals surface area contributed by atoms with Crippen molar-refractivity contribution in [3.8, 4) is 0 Å². The van der Waals surface area contributed by atoms with Crippen LogP contribution in [0.4, 0.5) is 0 Å². The number of hydrogen-bond donors (Lipinski definition) is 0. The molecule has 0 N–H and O–H groups in total. The molecule has 0 heteroatoms. The molecule has 1 atom stereocenters. The van der Waals surface area contributed by atoms with Crippen molar-refractivity contribution in [2.75, 3.05) is 0 Å². The largest absolute Gasteiger partial charge is 0.0620 e. The van der Waals surface area contributed by atoms with Gasteiger partial charge in [-0.3, -0.25) is 0 Å². The topological polar surface area (TPSA) is 0 Å². The molecular formula is C18H22. The molecule has 0 saturated heterocycles. The number of rotatable bonds is 3. The molecule has 2 aromatic carbocycles. The number of hydrogen-bond acceptors (Lipinski definition) is 0. The maximum atomic E-state index is 2.31. The fourth-order valence-corrected chi connectivity index (χ4v) is 2.80. The van der Waals surface area contributed by atoms with Crippen LogP contribution in [0.2, 0.25) is 0 Å². The average Bonchev–Trinajstić information content (AvgIpc) is 2.39. The zero-order valence-electron chi connectivity index (χ0n) is 11.8. The third-order valence-corrected chi connectivity index (χ3v) is 3.99. The van der Waals surface area contributed by atoms with Crippen LogP contribution in [0.15, 0.2) is 42.5 Å². The van der Waals surface area contributed by atoms with Crippen molar-refractivity contribution in [2.24, 2.45) is 0 Å². The van der Waals surface area contributed by atoms with Crippen LogP contribution < -0.4 is 0 Å². The highest BCUT2D eigenvalue weighted by molar-refractivity contribution is 5.43. The second kappa shape index (κ2) is 5.39. The van der Waals surface area contributed by atoms with E-state index in [4.69, 9.17) is 0 Å². The van der Waals surface area contributed by atoms with E-state index in [9.17, 15) is 0 Å². The first kappa shape index (κ1) is 12.9. The van der Waals surface area contributed by atoms with E-state index in [1.165, 1.54) is 27.8 Å². The smallest absolute Gasteiger partial charge is 0.00663 e. The lowest BCUT2D eigenvalue weighted by atomic mass is 9.86. The molecule has 1 unspecified atom stereocenters. The molecule has 0 spiro atoms. The summed E-state index contributed by atoms with van der Waals surface area (Å²) in [5.41, 5.74) is 7.20. The molecule has 0 aliphatic carbocycles. The summed E-state index contributed by atoms with van der Waals surface area (Å²) in [5, 5.41) is 0. The van der Waals surface area contributed by atoms with Gasteiger partial charge in [0, 0.05) is 5.92 Å². The quantitative estimate of drug-likeness (QED) is 0.704. The van der Waals surface area contributed by atoms with E-state index in [2.05, 4.69) is 70.2 Å². The van der Waals surface area contributed by atoms with Gasteiger partial charge in [-0.2, -0.15) is 0 Å². The van der Waals surface area contributed by atoms with Crippen molar-refractivity contribution in [2.45, 2.75) is 40.0 Å². The Morgan fingerprint density at radius 1 is 0.889 bits per heavy atom. The Kier molecular flexibility index (Phi) is 3.86. The van der Waals surface area contributed by atoms with Crippen molar-refractivity contribution in [1.29, 1.82) is 0 Å². The maximum absolute atomic E-state index is 2.31. The van der Waals surface area contributed by atoms with Gasteiger partial charge in [0.25, 0.3) is 0 Å². The van der Waals surface area contributed by atoms with Crippen LogP contribution in [0.3, 0.4) is 0 Å². The Morgan fingerprint density at radius 3 is 2.22 bits per heavy atom. The van der Waals surface area contributed by atoms with Crippen LogP contribution in [-0.4, -0.2) is 0 Å². The summed E-state index contributed by atoms with van der Waals surface area (Å²) in [4.78, 5) is 0. The second-order valence-electron chi connectivity index (χ2n) is 5.06. The number of aryl methyl sites for hydroxylation is 2. The Balaban J connectivity index is 2.47. The predicted octanol–water partition coefficient (Wildman–Crippen LogP) is 5.02. The van der Waals surface area contributed by atoms with Crippen LogP contribution in [0.1, 0.15) is 47.6 Å². The highest BCUT2D eigenvalue weighted by atomic mass is 14.2. The lowest BCUT2D eigenvalue weighted by Gasteiger charge is -2.19. The first-order valence-electron chi connectivity index (χ1n) is 6.79. The molecule has 0 heterocycles. The van der Waals surface area contributed by atoms with Gasteiger partial charge in [-0.15, -0.1) is 0 Å². The molecule has 94 valence electrons. The minimum atomic E-state index is 0.470. The molecular weight excluding hydrogens is 216 g/mol. The van der Waals surface area contributed by atoms with E-state index in [-0.39, 0.29) is 0 Å². The van der Waals surface area contributed by atoms with Crippen LogP contribution in [0.25, 0.3) is 0 Å². The van der Waals surface area contributed by atoms with Crippen LogP contribution >= 0.6 is 0 Å². The van der Waals surface area contributed by atoms with Gasteiger partial charge >= 0.3 is 0 Å². The summed E-state index contributed by atoms with van der Waals surface area (Å²) in [5.74, 6) is 0.470. The van der Waals surface area contributed by atoms with Gasteiger partial charge in [-0.25, -0.2) is 0 Å². The maximum Gasteiger partial charge on any atom is 0.00663 e. The molecule has 0 aromatic heterocycles.